The predicted octanol–water partition coefficient (Wildman–Crippen LogP) is 5.05. The van der Waals surface area contributed by atoms with Crippen LogP contribution >= 0.6 is 0 Å². The third-order valence-electron chi connectivity index (χ3n) is 4.81. The molecule has 0 radical (unpaired) electrons. The molecular formula is C20H30AlF6N3O4S2. The standard InChI is InChI=1S/C19H27F6N3O4S2.CH3.Al/c1-13(2)16(26-33(29,30)18(20,21)22)11-28(10-15-8-6-5-7-9-15)12-17(14(3)4)27-34(31,32)19(23,24)25;;/h5-9,13-14,16-17H,10-12H2,1-4H3;1H3;/q-2;-1;+3/t16-,17+;;. The fourth-order valence-corrected chi connectivity index (χ4v) is 4.35. The van der Waals surface area contributed by atoms with Crippen molar-refractivity contribution in [1.29, 1.82) is 0 Å². The average Bonchev–Trinajstić information content (AvgIpc) is 2.65. The quantitative estimate of drug-likeness (QED) is 0.195. The maximum absolute atomic E-state index is 12.9. The molecule has 1 aromatic rings. The minimum absolute atomic E-state index is 0. The van der Waals surface area contributed by atoms with E-state index in [2.05, 4.69) is 9.44 Å². The zero-order chi connectivity index (χ0) is 26.5. The molecule has 0 aliphatic carbocycles. The van der Waals surface area contributed by atoms with Crippen molar-refractivity contribution in [2.75, 3.05) is 13.1 Å². The number of rotatable bonds is 12. The van der Waals surface area contributed by atoms with E-state index in [4.69, 9.17) is 0 Å². The van der Waals surface area contributed by atoms with Crippen LogP contribution in [0.5, 0.6) is 0 Å². The van der Waals surface area contributed by atoms with Gasteiger partial charge in [0.05, 0.1) is 0 Å². The molecule has 0 N–H and O–H groups in total. The minimum Gasteiger partial charge on any atom is -0.537 e. The van der Waals surface area contributed by atoms with E-state index in [-0.39, 0.29) is 31.3 Å². The van der Waals surface area contributed by atoms with E-state index in [1.165, 1.54) is 32.6 Å². The molecule has 16 heteroatoms. The van der Waals surface area contributed by atoms with E-state index in [0.29, 0.717) is 5.56 Å². The van der Waals surface area contributed by atoms with Crippen LogP contribution in [0.3, 0.4) is 0 Å². The molecule has 0 bridgehead atoms. The minimum atomic E-state index is -5.82. The summed E-state index contributed by atoms with van der Waals surface area (Å²) < 4.78 is 130. The summed E-state index contributed by atoms with van der Waals surface area (Å²) >= 11 is 0. The van der Waals surface area contributed by atoms with Gasteiger partial charge in [-0.05, 0) is 18.7 Å². The third kappa shape index (κ3) is 11.2. The van der Waals surface area contributed by atoms with Crippen molar-refractivity contribution in [2.24, 2.45) is 11.8 Å². The van der Waals surface area contributed by atoms with E-state index >= 15 is 0 Å². The largest absolute Gasteiger partial charge is 3.00 e. The molecule has 0 unspecified atom stereocenters. The van der Waals surface area contributed by atoms with Gasteiger partial charge >= 0.3 is 28.4 Å². The Kier molecular flexibility index (Phi) is 14.8. The molecule has 2 atom stereocenters. The van der Waals surface area contributed by atoms with Crippen LogP contribution in [0, 0.1) is 19.3 Å². The normalized spacial score (nSPS) is 14.9. The molecule has 0 aliphatic rings. The summed E-state index contributed by atoms with van der Waals surface area (Å²) in [6, 6.07) is 5.50. The van der Waals surface area contributed by atoms with E-state index in [1.807, 2.05) is 0 Å². The van der Waals surface area contributed by atoms with Crippen LogP contribution in [0.4, 0.5) is 26.3 Å². The van der Waals surface area contributed by atoms with Crippen LogP contribution in [0.1, 0.15) is 33.3 Å². The summed E-state index contributed by atoms with van der Waals surface area (Å²) in [4.78, 5) is 1.36. The molecule has 206 valence electrons. The van der Waals surface area contributed by atoms with Gasteiger partial charge < -0.3 is 21.8 Å². The second-order valence-corrected chi connectivity index (χ2v) is 11.6. The first-order valence-corrected chi connectivity index (χ1v) is 13.0. The van der Waals surface area contributed by atoms with Crippen LogP contribution in [0.2, 0.25) is 0 Å². The third-order valence-corrected chi connectivity index (χ3v) is 7.08. The average molecular weight is 582 g/mol. The molecular weight excluding hydrogens is 551 g/mol. The van der Waals surface area contributed by atoms with Gasteiger partial charge in [0.15, 0.2) is 20.0 Å². The van der Waals surface area contributed by atoms with Gasteiger partial charge in [-0.15, -0.1) is 12.1 Å². The molecule has 0 spiro atoms. The van der Waals surface area contributed by atoms with E-state index in [1.54, 1.807) is 30.3 Å². The second kappa shape index (κ2) is 14.3. The number of sulfonamides is 2. The van der Waals surface area contributed by atoms with Crippen molar-refractivity contribution in [2.45, 2.75) is 57.3 Å². The van der Waals surface area contributed by atoms with Crippen LogP contribution in [-0.4, -0.2) is 75.3 Å². The molecule has 0 fully saturated rings. The van der Waals surface area contributed by atoms with Gasteiger partial charge in [0, 0.05) is 6.54 Å². The number of hydrogen-bond acceptors (Lipinski definition) is 5. The Labute approximate surface area is 220 Å². The maximum Gasteiger partial charge on any atom is 3.00 e. The number of alkyl halides is 6. The summed E-state index contributed by atoms with van der Waals surface area (Å²) in [6.07, 6.45) is 0. The van der Waals surface area contributed by atoms with E-state index in [9.17, 15) is 43.2 Å². The number of hydrogen-bond donors (Lipinski definition) is 0. The van der Waals surface area contributed by atoms with Gasteiger partial charge in [-0.25, -0.2) is 16.8 Å². The molecule has 0 saturated heterocycles. The smallest absolute Gasteiger partial charge is 0.537 e. The summed E-state index contributed by atoms with van der Waals surface area (Å²) in [6.45, 7) is 4.96. The van der Waals surface area contributed by atoms with E-state index in [0.717, 1.165) is 0 Å². The number of nitrogens with zero attached hydrogens (tertiary/aromatic N) is 3. The fraction of sp³-hybridized carbons (Fsp3) is 0.650. The SMILES string of the molecule is CC(C)[C@H](CN(Cc1ccccc1)C[C@@H]([N-]S(=O)(=O)C(F)(F)F)C(C)C)[N-]S(=O)(=O)C(F)(F)F.[Al+3].[CH3-]. The topological polar surface area (TPSA) is 99.7 Å². The molecule has 0 aliphatic heterocycles. The zero-order valence-corrected chi connectivity index (χ0v) is 23.2. The van der Waals surface area contributed by atoms with Gasteiger partial charge in [0.2, 0.25) is 0 Å². The zero-order valence-electron chi connectivity index (χ0n) is 20.5. The molecule has 7 nitrogen and oxygen atoms in total. The van der Waals surface area contributed by atoms with Crippen molar-refractivity contribution in [3.8, 4) is 0 Å². The Balaban J connectivity index is 0. The predicted molar refractivity (Wildman–Crippen MR) is 128 cm³/mol. The van der Waals surface area contributed by atoms with Gasteiger partial charge in [-0.3, -0.25) is 0 Å². The van der Waals surface area contributed by atoms with Crippen molar-refractivity contribution in [3.05, 3.63) is 52.8 Å². The van der Waals surface area contributed by atoms with Crippen LogP contribution in [0.15, 0.2) is 30.3 Å². The Morgan fingerprint density at radius 1 is 0.750 bits per heavy atom. The van der Waals surface area contributed by atoms with Gasteiger partial charge in [-0.2, -0.15) is 26.3 Å². The second-order valence-electron chi connectivity index (χ2n) is 8.35. The van der Waals surface area contributed by atoms with Crippen LogP contribution in [0.25, 0.3) is 9.44 Å². The Morgan fingerprint density at radius 2 is 1.08 bits per heavy atom. The molecule has 36 heavy (non-hydrogen) atoms. The number of halogens is 6. The van der Waals surface area contributed by atoms with Crippen molar-refractivity contribution in [1.82, 2.24) is 4.90 Å². The molecule has 1 aromatic carbocycles. The molecule has 0 saturated carbocycles. The Hall–Kier alpha value is -0.888. The molecule has 1 rings (SSSR count). The van der Waals surface area contributed by atoms with Gasteiger partial charge in [0.1, 0.15) is 0 Å². The summed E-state index contributed by atoms with van der Waals surface area (Å²) in [5, 5.41) is 0. The Bertz CT molecular complexity index is 929. The van der Waals surface area contributed by atoms with Crippen LogP contribution < -0.4 is 0 Å². The van der Waals surface area contributed by atoms with Crippen molar-refractivity contribution < 1.29 is 43.2 Å². The summed E-state index contributed by atoms with van der Waals surface area (Å²) in [7, 11) is -11.6. The maximum atomic E-state index is 12.9. The first-order valence-electron chi connectivity index (χ1n) is 10.1. The Morgan fingerprint density at radius 3 is 1.36 bits per heavy atom. The summed E-state index contributed by atoms with van der Waals surface area (Å²) in [5.74, 6) is -1.38. The van der Waals surface area contributed by atoms with Crippen LogP contribution in [-0.2, 0) is 26.6 Å². The fourth-order valence-electron chi connectivity index (χ4n) is 2.78. The molecule has 0 aromatic heterocycles. The first kappa shape index (κ1) is 37.3. The number of benzene rings is 1. The first-order chi connectivity index (χ1) is 15.3. The summed E-state index contributed by atoms with van der Waals surface area (Å²) in [5.41, 5.74) is -10.6. The monoisotopic (exact) mass is 581 g/mol. The molecule has 0 heterocycles. The molecule has 0 amide bonds. The van der Waals surface area contributed by atoms with Gasteiger partial charge in [0.25, 0.3) is 0 Å². The van der Waals surface area contributed by atoms with Crippen molar-refractivity contribution >= 4 is 37.4 Å². The van der Waals surface area contributed by atoms with Crippen molar-refractivity contribution in [3.63, 3.8) is 0 Å². The van der Waals surface area contributed by atoms with Gasteiger partial charge in [-0.1, -0.05) is 69.9 Å². The van der Waals surface area contributed by atoms with E-state index < -0.39 is 68.1 Å².